The van der Waals surface area contributed by atoms with Crippen molar-refractivity contribution in [1.29, 1.82) is 0 Å². The second kappa shape index (κ2) is 8.31. The molecule has 0 fully saturated rings. The molecule has 1 aliphatic rings. The van der Waals surface area contributed by atoms with Crippen molar-refractivity contribution in [3.05, 3.63) is 53.1 Å². The number of ether oxygens (including phenoxy) is 2. The average molecular weight is 389 g/mol. The Labute approximate surface area is 163 Å². The van der Waals surface area contributed by atoms with Gasteiger partial charge in [-0.1, -0.05) is 11.6 Å². The van der Waals surface area contributed by atoms with Gasteiger partial charge in [-0.15, -0.1) is 0 Å². The van der Waals surface area contributed by atoms with E-state index in [9.17, 15) is 9.59 Å². The van der Waals surface area contributed by atoms with E-state index in [2.05, 4.69) is 5.32 Å². The van der Waals surface area contributed by atoms with Gasteiger partial charge in [-0.2, -0.15) is 0 Å². The van der Waals surface area contributed by atoms with Gasteiger partial charge in [-0.25, -0.2) is 0 Å². The van der Waals surface area contributed by atoms with Crippen LogP contribution in [0.3, 0.4) is 0 Å². The van der Waals surface area contributed by atoms with Crippen LogP contribution in [-0.4, -0.2) is 44.0 Å². The van der Waals surface area contributed by atoms with Crippen LogP contribution >= 0.6 is 11.6 Å². The van der Waals surface area contributed by atoms with Gasteiger partial charge in [0.15, 0.2) is 6.61 Å². The first-order valence-electron chi connectivity index (χ1n) is 8.57. The van der Waals surface area contributed by atoms with Crippen LogP contribution in [0, 0.1) is 5.92 Å². The number of halogens is 1. The highest BCUT2D eigenvalue weighted by Crippen LogP contribution is 2.30. The molecule has 0 saturated heterocycles. The fourth-order valence-corrected chi connectivity index (χ4v) is 2.88. The maximum Gasteiger partial charge on any atom is 0.259 e. The van der Waals surface area contributed by atoms with Crippen molar-refractivity contribution in [1.82, 2.24) is 4.90 Å². The number of hydrogen-bond acceptors (Lipinski definition) is 4. The number of nitrogens with zero attached hydrogens (tertiary/aromatic N) is 1. The third-order valence-corrected chi connectivity index (χ3v) is 4.52. The standard InChI is InChI=1S/C20H21ClN2O4/c1-23(2)19(24)12-26-17-6-4-16(5-7-17)22-20(25)14-9-13-10-15(21)3-8-18(13)27-11-14/h3-8,10,14H,9,11-12H2,1-2H3,(H,22,25). The molecular weight excluding hydrogens is 368 g/mol. The quantitative estimate of drug-likeness (QED) is 0.855. The Bertz CT molecular complexity index is 836. The number of fused-ring (bicyclic) bond motifs is 1. The van der Waals surface area contributed by atoms with Crippen molar-refractivity contribution in [3.63, 3.8) is 0 Å². The molecule has 0 aliphatic carbocycles. The van der Waals surface area contributed by atoms with Crippen LogP contribution in [0.25, 0.3) is 0 Å². The minimum Gasteiger partial charge on any atom is -0.492 e. The van der Waals surface area contributed by atoms with E-state index in [1.807, 2.05) is 12.1 Å². The molecule has 27 heavy (non-hydrogen) atoms. The summed E-state index contributed by atoms with van der Waals surface area (Å²) in [6.45, 7) is 0.300. The molecule has 2 aromatic carbocycles. The number of likely N-dealkylation sites (N-methyl/N-ethyl adjacent to an activating group) is 1. The van der Waals surface area contributed by atoms with Gasteiger partial charge in [0.2, 0.25) is 5.91 Å². The third-order valence-electron chi connectivity index (χ3n) is 4.28. The van der Waals surface area contributed by atoms with Crippen LogP contribution < -0.4 is 14.8 Å². The Hall–Kier alpha value is -2.73. The Morgan fingerprint density at radius 2 is 1.96 bits per heavy atom. The molecule has 142 valence electrons. The van der Waals surface area contributed by atoms with E-state index < -0.39 is 0 Å². The van der Waals surface area contributed by atoms with E-state index in [1.165, 1.54) is 4.90 Å². The Morgan fingerprint density at radius 3 is 2.67 bits per heavy atom. The van der Waals surface area contributed by atoms with Gasteiger partial charge in [0.25, 0.3) is 5.91 Å². The zero-order valence-electron chi connectivity index (χ0n) is 15.2. The van der Waals surface area contributed by atoms with Crippen LogP contribution in [0.4, 0.5) is 5.69 Å². The lowest BCUT2D eigenvalue weighted by Gasteiger charge is -2.24. The first-order chi connectivity index (χ1) is 12.9. The molecule has 1 unspecified atom stereocenters. The lowest BCUT2D eigenvalue weighted by molar-refractivity contribution is -0.130. The minimum atomic E-state index is -0.287. The molecule has 3 rings (SSSR count). The smallest absolute Gasteiger partial charge is 0.259 e. The van der Waals surface area contributed by atoms with E-state index in [0.717, 1.165) is 11.3 Å². The summed E-state index contributed by atoms with van der Waals surface area (Å²) < 4.78 is 11.1. The number of anilines is 1. The van der Waals surface area contributed by atoms with Crippen molar-refractivity contribution in [2.75, 3.05) is 32.6 Å². The van der Waals surface area contributed by atoms with Gasteiger partial charge in [0, 0.05) is 24.8 Å². The van der Waals surface area contributed by atoms with Gasteiger partial charge in [0.05, 0.1) is 5.92 Å². The lowest BCUT2D eigenvalue weighted by atomic mass is 9.96. The molecule has 1 heterocycles. The monoisotopic (exact) mass is 388 g/mol. The van der Waals surface area contributed by atoms with E-state index in [4.69, 9.17) is 21.1 Å². The van der Waals surface area contributed by atoms with E-state index >= 15 is 0 Å². The lowest BCUT2D eigenvalue weighted by Crippen LogP contribution is -2.32. The van der Waals surface area contributed by atoms with Crippen molar-refractivity contribution < 1.29 is 19.1 Å². The van der Waals surface area contributed by atoms with Crippen LogP contribution in [0.5, 0.6) is 11.5 Å². The topological polar surface area (TPSA) is 67.9 Å². The van der Waals surface area contributed by atoms with Gasteiger partial charge < -0.3 is 19.7 Å². The molecule has 1 aliphatic heterocycles. The van der Waals surface area contributed by atoms with Crippen molar-refractivity contribution in [2.24, 2.45) is 5.92 Å². The number of rotatable bonds is 5. The summed E-state index contributed by atoms with van der Waals surface area (Å²) in [5.74, 6) is 0.816. The highest BCUT2D eigenvalue weighted by molar-refractivity contribution is 6.30. The van der Waals surface area contributed by atoms with Crippen molar-refractivity contribution in [3.8, 4) is 11.5 Å². The average Bonchev–Trinajstić information content (AvgIpc) is 2.66. The maximum absolute atomic E-state index is 12.5. The SMILES string of the molecule is CN(C)C(=O)COc1ccc(NC(=O)C2COc3ccc(Cl)cc3C2)cc1. The third kappa shape index (κ3) is 4.92. The zero-order valence-corrected chi connectivity index (χ0v) is 16.0. The summed E-state index contributed by atoms with van der Waals surface area (Å²) in [7, 11) is 3.34. The molecule has 0 spiro atoms. The Balaban J connectivity index is 1.56. The van der Waals surface area contributed by atoms with Gasteiger partial charge in [-0.3, -0.25) is 9.59 Å². The Kier molecular flexibility index (Phi) is 5.86. The first kappa shape index (κ1) is 19.0. The predicted octanol–water partition coefficient (Wildman–Crippen LogP) is 3.00. The summed E-state index contributed by atoms with van der Waals surface area (Å²) in [5.41, 5.74) is 1.59. The normalized spacial score (nSPS) is 15.3. The fourth-order valence-electron chi connectivity index (χ4n) is 2.68. The van der Waals surface area contributed by atoms with E-state index in [-0.39, 0.29) is 24.3 Å². The van der Waals surface area contributed by atoms with Crippen LogP contribution in [0.15, 0.2) is 42.5 Å². The van der Waals surface area contributed by atoms with Crippen LogP contribution in [-0.2, 0) is 16.0 Å². The first-order valence-corrected chi connectivity index (χ1v) is 8.95. The van der Waals surface area contributed by atoms with Crippen LogP contribution in [0.2, 0.25) is 5.02 Å². The molecule has 1 atom stereocenters. The summed E-state index contributed by atoms with van der Waals surface area (Å²) in [4.78, 5) is 25.5. The van der Waals surface area contributed by atoms with E-state index in [1.54, 1.807) is 44.4 Å². The second-order valence-electron chi connectivity index (χ2n) is 6.55. The van der Waals surface area contributed by atoms with Crippen molar-refractivity contribution in [2.45, 2.75) is 6.42 Å². The zero-order chi connectivity index (χ0) is 19.4. The highest BCUT2D eigenvalue weighted by Gasteiger charge is 2.26. The molecular formula is C20H21ClN2O4. The number of hydrogen-bond donors (Lipinski definition) is 1. The Morgan fingerprint density at radius 1 is 1.22 bits per heavy atom. The van der Waals surface area contributed by atoms with Crippen molar-refractivity contribution >= 4 is 29.1 Å². The van der Waals surface area contributed by atoms with E-state index in [0.29, 0.717) is 29.5 Å². The number of amides is 2. The number of benzene rings is 2. The predicted molar refractivity (Wildman–Crippen MR) is 103 cm³/mol. The highest BCUT2D eigenvalue weighted by atomic mass is 35.5. The largest absolute Gasteiger partial charge is 0.492 e. The summed E-state index contributed by atoms with van der Waals surface area (Å²) in [6, 6.07) is 12.3. The summed E-state index contributed by atoms with van der Waals surface area (Å²) in [6.07, 6.45) is 0.579. The molecule has 0 bridgehead atoms. The second-order valence-corrected chi connectivity index (χ2v) is 6.99. The number of carbonyl (C=O) groups excluding carboxylic acids is 2. The molecule has 6 nitrogen and oxygen atoms in total. The molecule has 2 amide bonds. The van der Waals surface area contributed by atoms with Gasteiger partial charge in [0.1, 0.15) is 18.1 Å². The molecule has 0 saturated carbocycles. The van der Waals surface area contributed by atoms with Gasteiger partial charge in [-0.05, 0) is 54.4 Å². The minimum absolute atomic E-state index is 0.0277. The summed E-state index contributed by atoms with van der Waals surface area (Å²) >= 11 is 6.02. The molecule has 0 aromatic heterocycles. The molecule has 1 N–H and O–H groups in total. The van der Waals surface area contributed by atoms with Gasteiger partial charge >= 0.3 is 0 Å². The molecule has 0 radical (unpaired) electrons. The number of carbonyl (C=O) groups is 2. The molecule has 2 aromatic rings. The fraction of sp³-hybridized carbons (Fsp3) is 0.300. The molecule has 7 heteroatoms. The number of nitrogens with one attached hydrogen (secondary N) is 1. The van der Waals surface area contributed by atoms with Crippen LogP contribution in [0.1, 0.15) is 5.56 Å². The summed E-state index contributed by atoms with van der Waals surface area (Å²) in [5, 5.41) is 3.51. The maximum atomic E-state index is 12.5.